The predicted molar refractivity (Wildman–Crippen MR) is 127 cm³/mol. The summed E-state index contributed by atoms with van der Waals surface area (Å²) in [7, 11) is 1.69. The van der Waals surface area contributed by atoms with Crippen LogP contribution < -0.4 is 16.3 Å². The molecule has 2 N–H and O–H groups in total. The van der Waals surface area contributed by atoms with E-state index < -0.39 is 17.6 Å². The Labute approximate surface area is 198 Å². The molecule has 1 aromatic heterocycles. The molecule has 10 heteroatoms. The zero-order valence-electron chi connectivity index (χ0n) is 20.2. The van der Waals surface area contributed by atoms with E-state index in [9.17, 15) is 19.2 Å². The van der Waals surface area contributed by atoms with Gasteiger partial charge in [-0.2, -0.15) is 0 Å². The molecule has 0 spiro atoms. The molecule has 34 heavy (non-hydrogen) atoms. The predicted octanol–water partition coefficient (Wildman–Crippen LogP) is 1.46. The highest BCUT2D eigenvalue weighted by Gasteiger charge is 2.32. The zero-order chi connectivity index (χ0) is 24.6. The van der Waals surface area contributed by atoms with E-state index in [1.165, 1.54) is 9.13 Å². The second kappa shape index (κ2) is 9.25. The maximum absolute atomic E-state index is 13.0. The smallest absolute Gasteiger partial charge is 0.410 e. The topological polar surface area (TPSA) is 115 Å². The molecule has 3 amide bonds. The van der Waals surface area contributed by atoms with Gasteiger partial charge in [-0.15, -0.1) is 0 Å². The maximum Gasteiger partial charge on any atom is 0.410 e. The maximum atomic E-state index is 13.0. The number of piperazine rings is 1. The Morgan fingerprint density at radius 3 is 2.65 bits per heavy atom. The molecular formula is C24H33N5O5. The van der Waals surface area contributed by atoms with E-state index in [4.69, 9.17) is 4.74 Å². The number of amides is 3. The van der Waals surface area contributed by atoms with Crippen molar-refractivity contribution in [2.45, 2.75) is 64.1 Å². The first-order chi connectivity index (χ1) is 16.0. The molecule has 2 atom stereocenters. The first-order valence-electron chi connectivity index (χ1n) is 11.8. The number of aryl methyl sites for hydroxylation is 2. The van der Waals surface area contributed by atoms with Gasteiger partial charge in [0.2, 0.25) is 11.8 Å². The van der Waals surface area contributed by atoms with E-state index in [1.807, 2.05) is 39.0 Å². The number of fused-ring (bicyclic) bond motifs is 1. The largest absolute Gasteiger partial charge is 0.444 e. The SMILES string of the molecule is Cn1c(=O)n(C2CCC(=O)NC2=O)c2ccc(CCC3CNCCN3C(=O)OC(C)(C)C)cc21. The number of nitrogens with zero attached hydrogens (tertiary/aromatic N) is 3. The van der Waals surface area contributed by atoms with Gasteiger partial charge in [0, 0.05) is 39.1 Å². The molecule has 0 saturated carbocycles. The Bertz CT molecular complexity index is 1170. The van der Waals surface area contributed by atoms with E-state index in [0.717, 1.165) is 30.5 Å². The molecule has 1 aromatic carbocycles. The van der Waals surface area contributed by atoms with Crippen LogP contribution in [0.4, 0.5) is 4.79 Å². The molecule has 0 radical (unpaired) electrons. The zero-order valence-corrected chi connectivity index (χ0v) is 20.2. The number of rotatable bonds is 4. The number of benzene rings is 1. The Morgan fingerprint density at radius 1 is 1.18 bits per heavy atom. The van der Waals surface area contributed by atoms with Crippen LogP contribution in [-0.4, -0.2) is 63.2 Å². The molecule has 184 valence electrons. The number of carbonyl (C=O) groups is 3. The summed E-state index contributed by atoms with van der Waals surface area (Å²) in [5, 5.41) is 5.68. The molecule has 2 fully saturated rings. The molecule has 0 bridgehead atoms. The van der Waals surface area contributed by atoms with Crippen molar-refractivity contribution in [1.82, 2.24) is 24.7 Å². The summed E-state index contributed by atoms with van der Waals surface area (Å²) in [5.74, 6) is -0.753. The Kier molecular flexibility index (Phi) is 6.53. The highest BCUT2D eigenvalue weighted by Crippen LogP contribution is 2.25. The number of imide groups is 1. The third-order valence-electron chi connectivity index (χ3n) is 6.42. The third-order valence-corrected chi connectivity index (χ3v) is 6.42. The summed E-state index contributed by atoms with van der Waals surface area (Å²) in [5.41, 5.74) is 1.61. The molecule has 0 aliphatic carbocycles. The number of carbonyl (C=O) groups excluding carboxylic acids is 3. The van der Waals surface area contributed by atoms with Crippen LogP contribution >= 0.6 is 0 Å². The van der Waals surface area contributed by atoms with Crippen LogP contribution in [0.25, 0.3) is 11.0 Å². The van der Waals surface area contributed by atoms with Gasteiger partial charge in [-0.1, -0.05) is 6.07 Å². The van der Waals surface area contributed by atoms with Gasteiger partial charge in [-0.25, -0.2) is 9.59 Å². The minimum Gasteiger partial charge on any atom is -0.444 e. The molecule has 2 unspecified atom stereocenters. The first kappa shape index (κ1) is 24.0. The monoisotopic (exact) mass is 471 g/mol. The molecule has 2 aliphatic heterocycles. The van der Waals surface area contributed by atoms with Gasteiger partial charge >= 0.3 is 11.8 Å². The van der Waals surface area contributed by atoms with Crippen molar-refractivity contribution in [3.63, 3.8) is 0 Å². The van der Waals surface area contributed by atoms with Gasteiger partial charge in [-0.05, 0) is 57.7 Å². The average molecular weight is 472 g/mol. The van der Waals surface area contributed by atoms with Crippen LogP contribution in [0, 0.1) is 0 Å². The summed E-state index contributed by atoms with van der Waals surface area (Å²) < 4.78 is 8.61. The lowest BCUT2D eigenvalue weighted by Crippen LogP contribution is -2.54. The molecule has 2 saturated heterocycles. The molecule has 3 heterocycles. The van der Waals surface area contributed by atoms with E-state index in [-0.39, 0.29) is 30.2 Å². The number of aromatic nitrogens is 2. The summed E-state index contributed by atoms with van der Waals surface area (Å²) in [6.07, 6.45) is 1.69. The number of imidazole rings is 1. The Hall–Kier alpha value is -3.14. The quantitative estimate of drug-likeness (QED) is 0.653. The number of nitrogens with one attached hydrogen (secondary N) is 2. The lowest BCUT2D eigenvalue weighted by molar-refractivity contribution is -0.135. The molecule has 2 aliphatic rings. The highest BCUT2D eigenvalue weighted by molar-refractivity contribution is 6.00. The van der Waals surface area contributed by atoms with Crippen LogP contribution in [-0.2, 0) is 27.8 Å². The number of piperidine rings is 1. The van der Waals surface area contributed by atoms with Gasteiger partial charge < -0.3 is 15.0 Å². The van der Waals surface area contributed by atoms with Crippen molar-refractivity contribution < 1.29 is 19.1 Å². The van der Waals surface area contributed by atoms with Crippen molar-refractivity contribution in [2.24, 2.45) is 7.05 Å². The van der Waals surface area contributed by atoms with Crippen molar-refractivity contribution in [2.75, 3.05) is 19.6 Å². The van der Waals surface area contributed by atoms with Gasteiger partial charge in [0.15, 0.2) is 0 Å². The molecule has 10 nitrogen and oxygen atoms in total. The molecular weight excluding hydrogens is 438 g/mol. The fourth-order valence-electron chi connectivity index (χ4n) is 4.71. The number of hydrogen-bond acceptors (Lipinski definition) is 6. The van der Waals surface area contributed by atoms with E-state index >= 15 is 0 Å². The fourth-order valence-corrected chi connectivity index (χ4v) is 4.71. The van der Waals surface area contributed by atoms with Gasteiger partial charge in [-0.3, -0.25) is 24.0 Å². The molecule has 2 aromatic rings. The van der Waals surface area contributed by atoms with Crippen LogP contribution in [0.15, 0.2) is 23.0 Å². The van der Waals surface area contributed by atoms with Crippen LogP contribution in [0.1, 0.15) is 51.6 Å². The summed E-state index contributed by atoms with van der Waals surface area (Å²) in [6.45, 7) is 7.62. The first-order valence-corrected chi connectivity index (χ1v) is 11.8. The lowest BCUT2D eigenvalue weighted by atomic mass is 10.0. The Balaban J connectivity index is 1.53. The average Bonchev–Trinajstić information content (AvgIpc) is 3.01. The highest BCUT2D eigenvalue weighted by atomic mass is 16.6. The normalized spacial score (nSPS) is 21.6. The Morgan fingerprint density at radius 2 is 1.94 bits per heavy atom. The minimum atomic E-state index is -0.699. The lowest BCUT2D eigenvalue weighted by Gasteiger charge is -2.37. The molecule has 4 rings (SSSR count). The van der Waals surface area contributed by atoms with Crippen molar-refractivity contribution >= 4 is 28.9 Å². The van der Waals surface area contributed by atoms with Gasteiger partial charge in [0.25, 0.3) is 0 Å². The minimum absolute atomic E-state index is 0.0104. The van der Waals surface area contributed by atoms with Crippen molar-refractivity contribution in [1.29, 1.82) is 0 Å². The second-order valence-electron chi connectivity index (χ2n) is 10.1. The second-order valence-corrected chi connectivity index (χ2v) is 10.1. The van der Waals surface area contributed by atoms with E-state index in [2.05, 4.69) is 10.6 Å². The number of ether oxygens (including phenoxy) is 1. The summed E-state index contributed by atoms with van der Waals surface area (Å²) in [6, 6.07) is 5.10. The standard InChI is InChI=1S/C24H33N5O5/c1-24(2,3)34-23(33)28-12-11-25-14-16(28)7-5-15-6-8-17-19(13-15)27(4)22(32)29(17)18-9-10-20(30)26-21(18)31/h6,8,13,16,18,25H,5,7,9-12,14H2,1-4H3,(H,26,30,31). The fraction of sp³-hybridized carbons (Fsp3) is 0.583. The van der Waals surface area contributed by atoms with Crippen molar-refractivity contribution in [3.8, 4) is 0 Å². The number of hydrogen-bond donors (Lipinski definition) is 2. The van der Waals surface area contributed by atoms with Crippen LogP contribution in [0.3, 0.4) is 0 Å². The van der Waals surface area contributed by atoms with Crippen LogP contribution in [0.5, 0.6) is 0 Å². The summed E-state index contributed by atoms with van der Waals surface area (Å²) in [4.78, 5) is 51.3. The van der Waals surface area contributed by atoms with E-state index in [0.29, 0.717) is 25.0 Å². The third kappa shape index (κ3) is 4.86. The van der Waals surface area contributed by atoms with Crippen molar-refractivity contribution in [3.05, 3.63) is 34.2 Å². The van der Waals surface area contributed by atoms with Gasteiger partial charge in [0.1, 0.15) is 11.6 Å². The summed E-state index contributed by atoms with van der Waals surface area (Å²) >= 11 is 0. The van der Waals surface area contributed by atoms with Crippen LogP contribution in [0.2, 0.25) is 0 Å². The van der Waals surface area contributed by atoms with Gasteiger partial charge in [0.05, 0.1) is 11.0 Å². The van der Waals surface area contributed by atoms with E-state index in [1.54, 1.807) is 11.9 Å².